The molecule has 1 saturated carbocycles. The van der Waals surface area contributed by atoms with Gasteiger partial charge in [0.05, 0.1) is 12.0 Å². The number of carbonyl (C=O) groups is 2. The fraction of sp³-hybridized carbons (Fsp3) is 0.667. The summed E-state index contributed by atoms with van der Waals surface area (Å²) >= 11 is 0. The molecule has 7 nitrogen and oxygen atoms in total. The zero-order valence-corrected chi connectivity index (χ0v) is 15.7. The first-order chi connectivity index (χ1) is 11.6. The van der Waals surface area contributed by atoms with Crippen molar-refractivity contribution in [1.82, 2.24) is 20.6 Å². The minimum atomic E-state index is -0.660. The summed E-state index contributed by atoms with van der Waals surface area (Å²) in [4.78, 5) is 43.6. The van der Waals surface area contributed by atoms with Gasteiger partial charge in [-0.3, -0.25) is 14.4 Å². The van der Waals surface area contributed by atoms with E-state index in [1.165, 1.54) is 6.07 Å². The molecule has 138 valence electrons. The minimum absolute atomic E-state index is 0.00806. The number of hydrogen-bond donors (Lipinski definition) is 3. The van der Waals surface area contributed by atoms with Crippen LogP contribution < -0.4 is 16.2 Å². The summed E-state index contributed by atoms with van der Waals surface area (Å²) < 4.78 is 0. The quantitative estimate of drug-likeness (QED) is 0.745. The number of rotatable bonds is 5. The Morgan fingerprint density at radius 2 is 2.00 bits per heavy atom. The lowest BCUT2D eigenvalue weighted by molar-refractivity contribution is -0.139. The minimum Gasteiger partial charge on any atom is -0.356 e. The van der Waals surface area contributed by atoms with Crippen molar-refractivity contribution in [2.24, 2.45) is 16.7 Å². The smallest absolute Gasteiger partial charge is 0.251 e. The lowest BCUT2D eigenvalue weighted by Crippen LogP contribution is -2.49. The molecule has 1 aliphatic rings. The van der Waals surface area contributed by atoms with Crippen molar-refractivity contribution >= 4 is 11.8 Å². The summed E-state index contributed by atoms with van der Waals surface area (Å²) in [6.07, 6.45) is 1.33. The third kappa shape index (κ3) is 3.60. The maximum Gasteiger partial charge on any atom is 0.251 e. The van der Waals surface area contributed by atoms with Gasteiger partial charge >= 0.3 is 0 Å². The van der Waals surface area contributed by atoms with Crippen LogP contribution in [0.25, 0.3) is 0 Å². The van der Waals surface area contributed by atoms with E-state index in [9.17, 15) is 14.4 Å². The molecular formula is C18H28N4O3. The Morgan fingerprint density at radius 1 is 1.32 bits per heavy atom. The molecule has 0 saturated heterocycles. The van der Waals surface area contributed by atoms with Crippen molar-refractivity contribution in [1.29, 1.82) is 0 Å². The topological polar surface area (TPSA) is 104 Å². The van der Waals surface area contributed by atoms with Gasteiger partial charge in [0.25, 0.3) is 5.56 Å². The van der Waals surface area contributed by atoms with Crippen molar-refractivity contribution in [3.05, 3.63) is 27.9 Å². The van der Waals surface area contributed by atoms with Gasteiger partial charge in [-0.1, -0.05) is 20.8 Å². The van der Waals surface area contributed by atoms with E-state index in [0.29, 0.717) is 30.9 Å². The van der Waals surface area contributed by atoms with Crippen LogP contribution >= 0.6 is 0 Å². The van der Waals surface area contributed by atoms with E-state index >= 15 is 0 Å². The zero-order valence-electron chi connectivity index (χ0n) is 15.7. The molecule has 7 heteroatoms. The van der Waals surface area contributed by atoms with Gasteiger partial charge in [0.15, 0.2) is 0 Å². The number of carbonyl (C=O) groups excluding carboxylic acids is 2. The average molecular weight is 348 g/mol. The van der Waals surface area contributed by atoms with Crippen molar-refractivity contribution in [2.75, 3.05) is 6.54 Å². The Kier molecular flexibility index (Phi) is 5.34. The predicted octanol–water partition coefficient (Wildman–Crippen LogP) is 1.27. The van der Waals surface area contributed by atoms with E-state index in [-0.39, 0.29) is 29.8 Å². The molecule has 2 rings (SSSR count). The number of nitrogens with zero attached hydrogens (tertiary/aromatic N) is 1. The van der Waals surface area contributed by atoms with E-state index in [2.05, 4.69) is 20.6 Å². The molecule has 2 amide bonds. The van der Waals surface area contributed by atoms with Crippen LogP contribution in [0.5, 0.6) is 0 Å². The molecule has 3 N–H and O–H groups in total. The van der Waals surface area contributed by atoms with E-state index in [1.54, 1.807) is 6.92 Å². The standard InChI is InChI=1S/C18H28N4O3/c1-6-19-15(24)12-7-8-18(5,17(12,3)4)16(25)20-10-13-21-11(2)9-14(23)22-13/h9,12H,6-8,10H2,1-5H3,(H,19,24)(H,20,25)(H,21,22,23)/t12-,18+/m0/s1. The zero-order chi connectivity index (χ0) is 18.8. The van der Waals surface area contributed by atoms with E-state index < -0.39 is 10.8 Å². The van der Waals surface area contributed by atoms with E-state index in [0.717, 1.165) is 0 Å². The highest BCUT2D eigenvalue weighted by Crippen LogP contribution is 2.56. The molecule has 1 aromatic heterocycles. The van der Waals surface area contributed by atoms with Gasteiger partial charge in [-0.25, -0.2) is 4.98 Å². The first kappa shape index (κ1) is 19.1. The molecule has 2 atom stereocenters. The van der Waals surface area contributed by atoms with Crippen molar-refractivity contribution in [3.8, 4) is 0 Å². The highest BCUT2D eigenvalue weighted by Gasteiger charge is 2.57. The predicted molar refractivity (Wildman–Crippen MR) is 94.7 cm³/mol. The molecule has 0 aromatic carbocycles. The molecule has 1 heterocycles. The van der Waals surface area contributed by atoms with Crippen LogP contribution in [-0.2, 0) is 16.1 Å². The Bertz CT molecular complexity index is 725. The van der Waals surface area contributed by atoms with Crippen LogP contribution in [0.15, 0.2) is 10.9 Å². The number of aryl methyl sites for hydroxylation is 1. The number of H-pyrrole nitrogens is 1. The molecule has 0 spiro atoms. The average Bonchev–Trinajstić information content (AvgIpc) is 2.75. The van der Waals surface area contributed by atoms with Crippen LogP contribution in [0.1, 0.15) is 52.1 Å². The maximum absolute atomic E-state index is 12.9. The fourth-order valence-electron chi connectivity index (χ4n) is 3.75. The van der Waals surface area contributed by atoms with Gasteiger partial charge < -0.3 is 15.6 Å². The normalized spacial score (nSPS) is 24.8. The van der Waals surface area contributed by atoms with Gasteiger partial charge in [-0.05, 0) is 32.1 Å². The van der Waals surface area contributed by atoms with E-state index in [1.807, 2.05) is 27.7 Å². The summed E-state index contributed by atoms with van der Waals surface area (Å²) in [5.41, 5.74) is -0.756. The van der Waals surface area contributed by atoms with Crippen LogP contribution in [0, 0.1) is 23.7 Å². The van der Waals surface area contributed by atoms with Crippen LogP contribution in [0.3, 0.4) is 0 Å². The summed E-state index contributed by atoms with van der Waals surface area (Å²) in [5, 5.41) is 5.75. The Balaban J connectivity index is 2.12. The largest absolute Gasteiger partial charge is 0.356 e. The molecule has 0 radical (unpaired) electrons. The second-order valence-corrected chi connectivity index (χ2v) is 7.56. The van der Waals surface area contributed by atoms with Gasteiger partial charge in [0.1, 0.15) is 5.82 Å². The van der Waals surface area contributed by atoms with Crippen LogP contribution in [0.2, 0.25) is 0 Å². The SMILES string of the molecule is CCNC(=O)[C@@H]1CC[C@](C)(C(=O)NCc2nc(C)cc(=O)[nH]2)C1(C)C. The monoisotopic (exact) mass is 348 g/mol. The van der Waals surface area contributed by atoms with Gasteiger partial charge in [-0.15, -0.1) is 0 Å². The third-order valence-electron chi connectivity index (χ3n) is 5.73. The number of aromatic nitrogens is 2. The number of hydrogen-bond acceptors (Lipinski definition) is 4. The third-order valence-corrected chi connectivity index (χ3v) is 5.73. The Hall–Kier alpha value is -2.18. The molecule has 0 bridgehead atoms. The molecule has 0 aliphatic heterocycles. The van der Waals surface area contributed by atoms with E-state index in [4.69, 9.17) is 0 Å². The highest BCUT2D eigenvalue weighted by atomic mass is 16.2. The van der Waals surface area contributed by atoms with Gasteiger partial charge in [0.2, 0.25) is 11.8 Å². The summed E-state index contributed by atoms with van der Waals surface area (Å²) in [7, 11) is 0. The number of nitrogens with one attached hydrogen (secondary N) is 3. The van der Waals surface area contributed by atoms with Crippen molar-refractivity contribution < 1.29 is 9.59 Å². The van der Waals surface area contributed by atoms with Crippen molar-refractivity contribution in [3.63, 3.8) is 0 Å². The summed E-state index contributed by atoms with van der Waals surface area (Å²) in [6, 6.07) is 1.41. The highest BCUT2D eigenvalue weighted by molar-refractivity contribution is 5.87. The van der Waals surface area contributed by atoms with Gasteiger partial charge in [-0.2, -0.15) is 0 Å². The second kappa shape index (κ2) is 6.98. The van der Waals surface area contributed by atoms with Crippen LogP contribution in [0.4, 0.5) is 0 Å². The Labute approximate surface area is 148 Å². The maximum atomic E-state index is 12.9. The summed E-state index contributed by atoms with van der Waals surface area (Å²) in [5.74, 6) is 0.125. The number of aromatic amines is 1. The molecule has 0 unspecified atom stereocenters. The Morgan fingerprint density at radius 3 is 2.60 bits per heavy atom. The molecule has 25 heavy (non-hydrogen) atoms. The molecule has 1 aromatic rings. The van der Waals surface area contributed by atoms with Gasteiger partial charge in [0, 0.05) is 24.2 Å². The number of amides is 2. The fourth-order valence-corrected chi connectivity index (χ4v) is 3.75. The van der Waals surface area contributed by atoms with Crippen LogP contribution in [-0.4, -0.2) is 28.3 Å². The lowest BCUT2D eigenvalue weighted by Gasteiger charge is -2.39. The second-order valence-electron chi connectivity index (χ2n) is 7.56. The molecular weight excluding hydrogens is 320 g/mol. The molecule has 1 aliphatic carbocycles. The summed E-state index contributed by atoms with van der Waals surface area (Å²) in [6.45, 7) is 10.2. The van der Waals surface area contributed by atoms with Crippen molar-refractivity contribution in [2.45, 2.75) is 54.0 Å². The first-order valence-electron chi connectivity index (χ1n) is 8.74. The first-order valence-corrected chi connectivity index (χ1v) is 8.74. The molecule has 1 fully saturated rings. The lowest BCUT2D eigenvalue weighted by atomic mass is 9.65.